The molecular formula is C28H24N2O3. The van der Waals surface area contributed by atoms with Crippen LogP contribution in [0.25, 0.3) is 12.2 Å². The predicted molar refractivity (Wildman–Crippen MR) is 130 cm³/mol. The molecule has 1 heterocycles. The molecule has 5 heteroatoms. The zero-order valence-corrected chi connectivity index (χ0v) is 18.3. The first kappa shape index (κ1) is 22.0. The lowest BCUT2D eigenvalue weighted by Crippen LogP contribution is -2.35. The first-order valence-electron chi connectivity index (χ1n) is 10.7. The Balaban J connectivity index is 1.67. The number of hydrogen-bond donors (Lipinski definition) is 0. The number of carbonyl (C=O) groups excluding carboxylic acids is 2. The first-order valence-corrected chi connectivity index (χ1v) is 10.7. The monoisotopic (exact) mass is 436 g/mol. The smallest absolute Gasteiger partial charge is 0.183 e. The van der Waals surface area contributed by atoms with Gasteiger partial charge in [0.25, 0.3) is 0 Å². The van der Waals surface area contributed by atoms with Crippen LogP contribution in [0.4, 0.5) is 5.69 Å². The van der Waals surface area contributed by atoms with Gasteiger partial charge in [-0.25, -0.2) is 0 Å². The minimum absolute atomic E-state index is 0.0246. The van der Waals surface area contributed by atoms with Crippen LogP contribution in [0.1, 0.15) is 37.7 Å². The van der Waals surface area contributed by atoms with Crippen molar-refractivity contribution in [3.63, 3.8) is 0 Å². The Morgan fingerprint density at radius 2 is 1.24 bits per heavy atom. The molecule has 3 aromatic carbocycles. The van der Waals surface area contributed by atoms with Gasteiger partial charge >= 0.3 is 0 Å². The molecule has 0 saturated carbocycles. The highest BCUT2D eigenvalue weighted by Crippen LogP contribution is 2.28. The second-order valence-electron chi connectivity index (χ2n) is 7.66. The summed E-state index contributed by atoms with van der Waals surface area (Å²) < 4.78 is 5.57. The number of anilines is 1. The summed E-state index contributed by atoms with van der Waals surface area (Å²) in [5.41, 5.74) is 3.43. The van der Waals surface area contributed by atoms with Crippen molar-refractivity contribution in [1.82, 2.24) is 5.16 Å². The van der Waals surface area contributed by atoms with Crippen molar-refractivity contribution in [2.45, 2.75) is 6.92 Å². The fraction of sp³-hybridized carbons (Fsp3) is 0.107. The summed E-state index contributed by atoms with van der Waals surface area (Å²) in [5.74, 6) is 0.322. The SMILES string of the molecule is Cc1noc(/C=C/c2ccccc2)c1N(CC(=O)c1ccccc1)CC(=O)c1ccccc1. The molecule has 0 aliphatic carbocycles. The summed E-state index contributed by atoms with van der Waals surface area (Å²) in [6.07, 6.45) is 3.73. The van der Waals surface area contributed by atoms with Gasteiger partial charge in [0, 0.05) is 11.1 Å². The largest absolute Gasteiger partial charge is 0.354 e. The Kier molecular flexibility index (Phi) is 6.90. The Labute approximate surface area is 193 Å². The highest BCUT2D eigenvalue weighted by Gasteiger charge is 2.24. The van der Waals surface area contributed by atoms with E-state index in [9.17, 15) is 9.59 Å². The molecule has 5 nitrogen and oxygen atoms in total. The van der Waals surface area contributed by atoms with Crippen LogP contribution in [-0.2, 0) is 0 Å². The van der Waals surface area contributed by atoms with Crippen LogP contribution < -0.4 is 4.90 Å². The molecular weight excluding hydrogens is 412 g/mol. The van der Waals surface area contributed by atoms with Gasteiger partial charge in [-0.05, 0) is 18.6 Å². The molecule has 4 aromatic rings. The van der Waals surface area contributed by atoms with Crippen molar-refractivity contribution in [3.8, 4) is 0 Å². The van der Waals surface area contributed by atoms with Crippen molar-refractivity contribution in [3.05, 3.63) is 119 Å². The number of rotatable bonds is 9. The molecule has 0 aliphatic rings. The van der Waals surface area contributed by atoms with Crippen molar-refractivity contribution in [2.24, 2.45) is 0 Å². The molecule has 0 spiro atoms. The van der Waals surface area contributed by atoms with Crippen LogP contribution >= 0.6 is 0 Å². The molecule has 0 aliphatic heterocycles. The van der Waals surface area contributed by atoms with E-state index in [4.69, 9.17) is 4.52 Å². The Morgan fingerprint density at radius 1 is 0.758 bits per heavy atom. The van der Waals surface area contributed by atoms with Gasteiger partial charge in [-0.15, -0.1) is 0 Å². The van der Waals surface area contributed by atoms with E-state index in [1.807, 2.05) is 85.8 Å². The van der Waals surface area contributed by atoms with E-state index >= 15 is 0 Å². The summed E-state index contributed by atoms with van der Waals surface area (Å²) >= 11 is 0. The molecule has 1 aromatic heterocycles. The number of aryl methyl sites for hydroxylation is 1. The standard InChI is InChI=1S/C28H24N2O3/c1-21-28(27(33-29-21)18-17-22-11-5-2-6-12-22)30(19-25(31)23-13-7-3-8-14-23)20-26(32)24-15-9-4-10-16-24/h2-18H,19-20H2,1H3/b18-17+. The maximum atomic E-state index is 13.0. The average Bonchev–Trinajstić information content (AvgIpc) is 3.24. The van der Waals surface area contributed by atoms with Crippen LogP contribution in [0.5, 0.6) is 0 Å². The van der Waals surface area contributed by atoms with Crippen LogP contribution in [0.2, 0.25) is 0 Å². The fourth-order valence-electron chi connectivity index (χ4n) is 3.60. The topological polar surface area (TPSA) is 63.4 Å². The van der Waals surface area contributed by atoms with Gasteiger partial charge in [0.05, 0.1) is 13.1 Å². The second-order valence-corrected chi connectivity index (χ2v) is 7.66. The van der Waals surface area contributed by atoms with Gasteiger partial charge in [-0.1, -0.05) is 102 Å². The fourth-order valence-corrected chi connectivity index (χ4v) is 3.60. The van der Waals surface area contributed by atoms with Gasteiger partial charge in [0.2, 0.25) is 0 Å². The van der Waals surface area contributed by atoms with E-state index in [0.29, 0.717) is 28.3 Å². The lowest BCUT2D eigenvalue weighted by molar-refractivity contribution is 0.0984. The van der Waals surface area contributed by atoms with Crippen LogP contribution in [0.3, 0.4) is 0 Å². The zero-order chi connectivity index (χ0) is 23.0. The minimum atomic E-state index is -0.0879. The van der Waals surface area contributed by atoms with Crippen LogP contribution in [-0.4, -0.2) is 29.8 Å². The maximum absolute atomic E-state index is 13.0. The highest BCUT2D eigenvalue weighted by atomic mass is 16.5. The number of carbonyl (C=O) groups is 2. The van der Waals surface area contributed by atoms with Crippen molar-refractivity contribution in [1.29, 1.82) is 0 Å². The third-order valence-electron chi connectivity index (χ3n) is 5.26. The Bertz CT molecular complexity index is 1190. The summed E-state index contributed by atoms with van der Waals surface area (Å²) in [5, 5.41) is 4.12. The average molecular weight is 437 g/mol. The number of aromatic nitrogens is 1. The Morgan fingerprint density at radius 3 is 1.76 bits per heavy atom. The lowest BCUT2D eigenvalue weighted by atomic mass is 10.1. The third kappa shape index (κ3) is 5.52. The molecule has 4 rings (SSSR count). The van der Waals surface area contributed by atoms with E-state index in [1.165, 1.54) is 0 Å². The molecule has 164 valence electrons. The molecule has 0 atom stereocenters. The third-order valence-corrected chi connectivity index (χ3v) is 5.26. The van der Waals surface area contributed by atoms with Crippen molar-refractivity contribution < 1.29 is 14.1 Å². The van der Waals surface area contributed by atoms with E-state index in [0.717, 1.165) is 5.56 Å². The molecule has 33 heavy (non-hydrogen) atoms. The first-order chi connectivity index (χ1) is 16.1. The quantitative estimate of drug-likeness (QED) is 0.314. The Hall–Kier alpha value is -4.25. The van der Waals surface area contributed by atoms with Crippen LogP contribution in [0.15, 0.2) is 95.5 Å². The van der Waals surface area contributed by atoms with E-state index < -0.39 is 0 Å². The van der Waals surface area contributed by atoms with Gasteiger partial charge in [0.1, 0.15) is 11.4 Å². The van der Waals surface area contributed by atoms with Gasteiger partial charge in [-0.2, -0.15) is 0 Å². The zero-order valence-electron chi connectivity index (χ0n) is 18.3. The summed E-state index contributed by atoms with van der Waals surface area (Å²) in [4.78, 5) is 27.8. The van der Waals surface area contributed by atoms with Gasteiger partial charge in [-0.3, -0.25) is 9.59 Å². The number of Topliss-reactive ketones (excluding diaryl/α,β-unsaturated/α-hetero) is 2. The van der Waals surface area contributed by atoms with E-state index in [2.05, 4.69) is 5.16 Å². The molecule has 0 fully saturated rings. The lowest BCUT2D eigenvalue weighted by Gasteiger charge is -2.23. The summed E-state index contributed by atoms with van der Waals surface area (Å²) in [6, 6.07) is 27.9. The number of hydrogen-bond acceptors (Lipinski definition) is 5. The number of benzene rings is 3. The normalized spacial score (nSPS) is 10.9. The summed E-state index contributed by atoms with van der Waals surface area (Å²) in [6.45, 7) is 1.86. The van der Waals surface area contributed by atoms with E-state index in [1.54, 1.807) is 29.2 Å². The molecule has 0 radical (unpaired) electrons. The molecule has 0 unspecified atom stereocenters. The van der Waals surface area contributed by atoms with Crippen LogP contribution in [0, 0.1) is 6.92 Å². The minimum Gasteiger partial charge on any atom is -0.354 e. The second kappa shape index (κ2) is 10.4. The molecule has 0 N–H and O–H groups in total. The predicted octanol–water partition coefficient (Wildman–Crippen LogP) is 5.73. The number of ketones is 2. The molecule has 0 bridgehead atoms. The van der Waals surface area contributed by atoms with Gasteiger partial charge in [0.15, 0.2) is 17.3 Å². The summed E-state index contributed by atoms with van der Waals surface area (Å²) in [7, 11) is 0. The maximum Gasteiger partial charge on any atom is 0.183 e. The van der Waals surface area contributed by atoms with Crippen molar-refractivity contribution in [2.75, 3.05) is 18.0 Å². The van der Waals surface area contributed by atoms with E-state index in [-0.39, 0.29) is 24.7 Å². The van der Waals surface area contributed by atoms with Gasteiger partial charge < -0.3 is 9.42 Å². The molecule has 0 saturated heterocycles. The van der Waals surface area contributed by atoms with Crippen molar-refractivity contribution >= 4 is 29.4 Å². The number of nitrogens with zero attached hydrogens (tertiary/aromatic N) is 2. The highest BCUT2D eigenvalue weighted by molar-refractivity contribution is 6.03. The molecule has 0 amide bonds.